The summed E-state index contributed by atoms with van der Waals surface area (Å²) in [5, 5.41) is 0. The van der Waals surface area contributed by atoms with Gasteiger partial charge in [-0.3, -0.25) is 9.59 Å². The van der Waals surface area contributed by atoms with Crippen LogP contribution >= 0.6 is 11.3 Å². The van der Waals surface area contributed by atoms with Crippen LogP contribution in [0.4, 0.5) is 0 Å². The SMILES string of the molecule is CCOC(=O)c1cn(CC)c2cc(C=O)sc2c1=O. The maximum atomic E-state index is 12.2. The number of pyridine rings is 1. The molecule has 0 aliphatic rings. The minimum absolute atomic E-state index is 0.00972. The molecule has 2 aromatic heterocycles. The van der Waals surface area contributed by atoms with E-state index in [0.717, 1.165) is 11.3 Å². The van der Waals surface area contributed by atoms with Gasteiger partial charge in [-0.15, -0.1) is 11.3 Å². The van der Waals surface area contributed by atoms with E-state index in [0.29, 0.717) is 27.9 Å². The smallest absolute Gasteiger partial charge is 0.343 e. The van der Waals surface area contributed by atoms with E-state index in [1.165, 1.54) is 6.20 Å². The van der Waals surface area contributed by atoms with Gasteiger partial charge in [-0.25, -0.2) is 4.79 Å². The lowest BCUT2D eigenvalue weighted by molar-refractivity contribution is 0.0524. The predicted molar refractivity (Wildman–Crippen MR) is 73.1 cm³/mol. The zero-order chi connectivity index (χ0) is 14.0. The first-order chi connectivity index (χ1) is 9.12. The zero-order valence-corrected chi connectivity index (χ0v) is 11.5. The van der Waals surface area contributed by atoms with E-state index in [1.807, 2.05) is 6.92 Å². The Hall–Kier alpha value is -1.95. The average Bonchev–Trinajstić information content (AvgIpc) is 2.84. The summed E-state index contributed by atoms with van der Waals surface area (Å²) in [5.74, 6) is -0.627. The van der Waals surface area contributed by atoms with Crippen molar-refractivity contribution < 1.29 is 14.3 Å². The number of nitrogens with zero attached hydrogens (tertiary/aromatic N) is 1. The summed E-state index contributed by atoms with van der Waals surface area (Å²) in [6.45, 7) is 4.40. The molecule has 0 amide bonds. The highest BCUT2D eigenvalue weighted by atomic mass is 32.1. The van der Waals surface area contributed by atoms with Crippen molar-refractivity contribution in [3.8, 4) is 0 Å². The molecule has 2 rings (SSSR count). The van der Waals surface area contributed by atoms with Crippen LogP contribution in [0.2, 0.25) is 0 Å². The molecule has 0 radical (unpaired) electrons. The normalized spacial score (nSPS) is 10.6. The number of rotatable bonds is 4. The third kappa shape index (κ3) is 2.31. The fourth-order valence-electron chi connectivity index (χ4n) is 1.86. The van der Waals surface area contributed by atoms with E-state index in [4.69, 9.17) is 4.74 Å². The lowest BCUT2D eigenvalue weighted by Crippen LogP contribution is -2.19. The first-order valence-corrected chi connectivity index (χ1v) is 6.73. The van der Waals surface area contributed by atoms with E-state index >= 15 is 0 Å². The second-order valence-corrected chi connectivity index (χ2v) is 4.94. The van der Waals surface area contributed by atoms with Crippen molar-refractivity contribution in [3.63, 3.8) is 0 Å². The van der Waals surface area contributed by atoms with E-state index in [2.05, 4.69) is 0 Å². The molecule has 0 bridgehead atoms. The summed E-state index contributed by atoms with van der Waals surface area (Å²) in [5.41, 5.74) is 0.305. The Labute approximate surface area is 113 Å². The molecule has 0 saturated carbocycles. The topological polar surface area (TPSA) is 65.4 Å². The van der Waals surface area contributed by atoms with Crippen molar-refractivity contribution in [2.75, 3.05) is 6.61 Å². The van der Waals surface area contributed by atoms with Crippen LogP contribution in [0.25, 0.3) is 10.2 Å². The van der Waals surface area contributed by atoms with Gasteiger partial charge < -0.3 is 9.30 Å². The Morgan fingerprint density at radius 3 is 2.79 bits per heavy atom. The number of carbonyl (C=O) groups is 2. The van der Waals surface area contributed by atoms with Crippen LogP contribution in [0.3, 0.4) is 0 Å². The number of hydrogen-bond donors (Lipinski definition) is 0. The highest BCUT2D eigenvalue weighted by molar-refractivity contribution is 7.20. The molecule has 0 fully saturated rings. The standard InChI is InChI=1S/C13H13NO4S/c1-3-14-6-9(13(17)18-4-2)11(16)12-10(14)5-8(7-15)19-12/h5-7H,3-4H2,1-2H3. The maximum absolute atomic E-state index is 12.2. The monoisotopic (exact) mass is 279 g/mol. The third-order valence-electron chi connectivity index (χ3n) is 2.73. The van der Waals surface area contributed by atoms with Gasteiger partial charge >= 0.3 is 5.97 Å². The second kappa shape index (κ2) is 5.36. The van der Waals surface area contributed by atoms with Crippen molar-refractivity contribution in [3.05, 3.63) is 32.9 Å². The second-order valence-electron chi connectivity index (χ2n) is 3.86. The molecule has 0 N–H and O–H groups in total. The number of aldehydes is 1. The largest absolute Gasteiger partial charge is 0.462 e. The Balaban J connectivity index is 2.74. The maximum Gasteiger partial charge on any atom is 0.343 e. The summed E-state index contributed by atoms with van der Waals surface area (Å²) < 4.78 is 7.06. The van der Waals surface area contributed by atoms with Gasteiger partial charge in [0.15, 0.2) is 6.29 Å². The molecule has 19 heavy (non-hydrogen) atoms. The number of fused-ring (bicyclic) bond motifs is 1. The van der Waals surface area contributed by atoms with Gasteiger partial charge in [0, 0.05) is 12.7 Å². The molecule has 0 aromatic carbocycles. The van der Waals surface area contributed by atoms with Crippen LogP contribution in [0.1, 0.15) is 33.9 Å². The molecule has 0 unspecified atom stereocenters. The molecule has 0 aliphatic heterocycles. The average molecular weight is 279 g/mol. The fraction of sp³-hybridized carbons (Fsp3) is 0.308. The van der Waals surface area contributed by atoms with Gasteiger partial charge in [-0.1, -0.05) is 0 Å². The molecule has 5 nitrogen and oxygen atoms in total. The fourth-order valence-corrected chi connectivity index (χ4v) is 2.79. The molecule has 0 aliphatic carbocycles. The number of carbonyl (C=O) groups excluding carboxylic acids is 2. The van der Waals surface area contributed by atoms with E-state index in [9.17, 15) is 14.4 Å². The predicted octanol–water partition coefficient (Wildman–Crippen LogP) is 2.07. The molecular formula is C13H13NO4S. The van der Waals surface area contributed by atoms with Gasteiger partial charge in [0.1, 0.15) is 5.56 Å². The summed E-state index contributed by atoms with van der Waals surface area (Å²) in [6.07, 6.45) is 2.19. The number of hydrogen-bond acceptors (Lipinski definition) is 5. The quantitative estimate of drug-likeness (QED) is 0.635. The first-order valence-electron chi connectivity index (χ1n) is 5.91. The van der Waals surface area contributed by atoms with Crippen molar-refractivity contribution in [1.82, 2.24) is 4.57 Å². The van der Waals surface area contributed by atoms with Crippen molar-refractivity contribution in [2.24, 2.45) is 0 Å². The number of ether oxygens (including phenoxy) is 1. The minimum Gasteiger partial charge on any atom is -0.462 e. The summed E-state index contributed by atoms with van der Waals surface area (Å²) in [4.78, 5) is 35.3. The molecule has 0 atom stereocenters. The van der Waals surface area contributed by atoms with Crippen molar-refractivity contribution >= 4 is 33.8 Å². The van der Waals surface area contributed by atoms with Crippen LogP contribution in [-0.4, -0.2) is 23.4 Å². The van der Waals surface area contributed by atoms with Crippen LogP contribution in [-0.2, 0) is 11.3 Å². The van der Waals surface area contributed by atoms with E-state index < -0.39 is 5.97 Å². The Bertz CT molecular complexity index is 698. The Morgan fingerprint density at radius 1 is 1.47 bits per heavy atom. The van der Waals surface area contributed by atoms with E-state index in [1.54, 1.807) is 17.6 Å². The lowest BCUT2D eigenvalue weighted by atomic mass is 10.2. The Kier molecular flexibility index (Phi) is 3.80. The molecule has 2 heterocycles. The van der Waals surface area contributed by atoms with Gasteiger partial charge in [0.2, 0.25) is 5.43 Å². The van der Waals surface area contributed by atoms with Gasteiger partial charge in [0.25, 0.3) is 0 Å². The highest BCUT2D eigenvalue weighted by Crippen LogP contribution is 2.22. The van der Waals surface area contributed by atoms with Crippen molar-refractivity contribution in [2.45, 2.75) is 20.4 Å². The first kappa shape index (κ1) is 13.5. The molecule has 6 heteroatoms. The number of esters is 1. The summed E-state index contributed by atoms with van der Waals surface area (Å²) >= 11 is 1.09. The molecule has 0 saturated heterocycles. The molecular weight excluding hydrogens is 266 g/mol. The zero-order valence-electron chi connectivity index (χ0n) is 10.6. The minimum atomic E-state index is -0.627. The third-order valence-corrected chi connectivity index (χ3v) is 3.78. The molecule has 0 spiro atoms. The van der Waals surface area contributed by atoms with Crippen LogP contribution < -0.4 is 5.43 Å². The Morgan fingerprint density at radius 2 is 2.21 bits per heavy atom. The van der Waals surface area contributed by atoms with Gasteiger partial charge in [0.05, 0.1) is 21.7 Å². The highest BCUT2D eigenvalue weighted by Gasteiger charge is 2.18. The number of aromatic nitrogens is 1. The van der Waals surface area contributed by atoms with E-state index in [-0.39, 0.29) is 17.6 Å². The van der Waals surface area contributed by atoms with Gasteiger partial charge in [-0.2, -0.15) is 0 Å². The van der Waals surface area contributed by atoms with Crippen LogP contribution in [0.5, 0.6) is 0 Å². The summed E-state index contributed by atoms with van der Waals surface area (Å²) in [6, 6.07) is 1.66. The van der Waals surface area contributed by atoms with Crippen LogP contribution in [0.15, 0.2) is 17.1 Å². The lowest BCUT2D eigenvalue weighted by Gasteiger charge is -2.08. The number of aryl methyl sites for hydroxylation is 1. The van der Waals surface area contributed by atoms with Crippen LogP contribution in [0, 0.1) is 0 Å². The molecule has 2 aromatic rings. The van der Waals surface area contributed by atoms with Gasteiger partial charge in [-0.05, 0) is 19.9 Å². The molecule has 100 valence electrons. The van der Waals surface area contributed by atoms with Crippen molar-refractivity contribution in [1.29, 1.82) is 0 Å². The summed E-state index contributed by atoms with van der Waals surface area (Å²) in [7, 11) is 0. The number of thiophene rings is 1.